The fourth-order valence-corrected chi connectivity index (χ4v) is 2.87. The molecular weight excluding hydrogens is 214 g/mol. The SMILES string of the molecule is ON=C1CCc2c(OC3CCCC3)cccc21. The van der Waals surface area contributed by atoms with Crippen LogP contribution in [0.15, 0.2) is 23.4 Å². The van der Waals surface area contributed by atoms with Gasteiger partial charge in [0.05, 0.1) is 11.8 Å². The number of hydrogen-bond acceptors (Lipinski definition) is 3. The van der Waals surface area contributed by atoms with Crippen LogP contribution in [0, 0.1) is 0 Å². The van der Waals surface area contributed by atoms with E-state index in [4.69, 9.17) is 9.94 Å². The molecule has 90 valence electrons. The van der Waals surface area contributed by atoms with Crippen molar-refractivity contribution >= 4 is 5.71 Å². The highest BCUT2D eigenvalue weighted by atomic mass is 16.5. The van der Waals surface area contributed by atoms with Crippen molar-refractivity contribution in [1.29, 1.82) is 0 Å². The predicted octanol–water partition coefficient (Wildman–Crippen LogP) is 3.13. The molecule has 0 aromatic heterocycles. The Kier molecular flexibility index (Phi) is 2.75. The van der Waals surface area contributed by atoms with Crippen molar-refractivity contribution in [3.05, 3.63) is 29.3 Å². The minimum Gasteiger partial charge on any atom is -0.490 e. The van der Waals surface area contributed by atoms with Gasteiger partial charge >= 0.3 is 0 Å². The normalized spacial score (nSPS) is 22.0. The topological polar surface area (TPSA) is 41.8 Å². The molecular formula is C14H17NO2. The molecule has 0 unspecified atom stereocenters. The summed E-state index contributed by atoms with van der Waals surface area (Å²) in [4.78, 5) is 0. The third-order valence-corrected chi connectivity index (χ3v) is 3.77. The van der Waals surface area contributed by atoms with Gasteiger partial charge in [-0.25, -0.2) is 0 Å². The minimum absolute atomic E-state index is 0.386. The Labute approximate surface area is 101 Å². The summed E-state index contributed by atoms with van der Waals surface area (Å²) in [6.07, 6.45) is 7.03. The first-order chi connectivity index (χ1) is 8.38. The highest BCUT2D eigenvalue weighted by Gasteiger charge is 2.24. The van der Waals surface area contributed by atoms with Crippen LogP contribution in [0.4, 0.5) is 0 Å². The van der Waals surface area contributed by atoms with Gasteiger partial charge in [-0.05, 0) is 44.6 Å². The summed E-state index contributed by atoms with van der Waals surface area (Å²) in [6.45, 7) is 0. The van der Waals surface area contributed by atoms with Crippen molar-refractivity contribution in [2.45, 2.75) is 44.6 Å². The first kappa shape index (κ1) is 10.6. The van der Waals surface area contributed by atoms with Crippen LogP contribution in [0.2, 0.25) is 0 Å². The molecule has 3 rings (SSSR count). The molecule has 3 heteroatoms. The minimum atomic E-state index is 0.386. The van der Waals surface area contributed by atoms with Crippen LogP contribution in [0.1, 0.15) is 43.2 Å². The standard InChI is InChI=1S/C14H17NO2/c16-15-13-9-8-12-11(13)6-3-7-14(12)17-10-4-1-2-5-10/h3,6-7,10,16H,1-2,4-5,8-9H2. The highest BCUT2D eigenvalue weighted by molar-refractivity contribution is 6.04. The lowest BCUT2D eigenvalue weighted by atomic mass is 10.1. The summed E-state index contributed by atoms with van der Waals surface area (Å²) in [5.41, 5.74) is 3.06. The van der Waals surface area contributed by atoms with Gasteiger partial charge < -0.3 is 9.94 Å². The maximum Gasteiger partial charge on any atom is 0.123 e. The lowest BCUT2D eigenvalue weighted by molar-refractivity contribution is 0.208. The van der Waals surface area contributed by atoms with E-state index in [-0.39, 0.29) is 0 Å². The number of nitrogens with zero attached hydrogens (tertiary/aromatic N) is 1. The monoisotopic (exact) mass is 231 g/mol. The Bertz CT molecular complexity index is 448. The third-order valence-electron chi connectivity index (χ3n) is 3.77. The quantitative estimate of drug-likeness (QED) is 0.627. The molecule has 0 saturated heterocycles. The van der Waals surface area contributed by atoms with Gasteiger partial charge in [0.25, 0.3) is 0 Å². The van der Waals surface area contributed by atoms with Crippen molar-refractivity contribution in [2.75, 3.05) is 0 Å². The molecule has 0 atom stereocenters. The van der Waals surface area contributed by atoms with E-state index >= 15 is 0 Å². The maximum absolute atomic E-state index is 8.94. The number of oxime groups is 1. The van der Waals surface area contributed by atoms with Crippen LogP contribution >= 0.6 is 0 Å². The summed E-state index contributed by atoms with van der Waals surface area (Å²) < 4.78 is 6.07. The van der Waals surface area contributed by atoms with E-state index < -0.39 is 0 Å². The van der Waals surface area contributed by atoms with Gasteiger partial charge in [0, 0.05) is 11.1 Å². The molecule has 1 aromatic carbocycles. The third kappa shape index (κ3) is 1.90. The van der Waals surface area contributed by atoms with Gasteiger partial charge in [-0.15, -0.1) is 0 Å². The lowest BCUT2D eigenvalue weighted by Gasteiger charge is -2.15. The zero-order valence-electron chi connectivity index (χ0n) is 9.85. The Morgan fingerprint density at radius 2 is 2.00 bits per heavy atom. The second-order valence-corrected chi connectivity index (χ2v) is 4.85. The average Bonchev–Trinajstić information content (AvgIpc) is 2.97. The molecule has 0 heterocycles. The molecule has 3 nitrogen and oxygen atoms in total. The number of rotatable bonds is 2. The van der Waals surface area contributed by atoms with Crippen molar-refractivity contribution in [1.82, 2.24) is 0 Å². The molecule has 17 heavy (non-hydrogen) atoms. The molecule has 1 fully saturated rings. The fraction of sp³-hybridized carbons (Fsp3) is 0.500. The van der Waals surface area contributed by atoms with E-state index in [0.717, 1.165) is 29.9 Å². The van der Waals surface area contributed by atoms with E-state index in [1.807, 2.05) is 18.2 Å². The number of hydrogen-bond donors (Lipinski definition) is 1. The summed E-state index contributed by atoms with van der Waals surface area (Å²) in [5.74, 6) is 0.994. The van der Waals surface area contributed by atoms with Gasteiger partial charge in [-0.2, -0.15) is 0 Å². The van der Waals surface area contributed by atoms with E-state index in [2.05, 4.69) is 5.16 Å². The first-order valence-corrected chi connectivity index (χ1v) is 6.38. The Morgan fingerprint density at radius 3 is 2.76 bits per heavy atom. The fourth-order valence-electron chi connectivity index (χ4n) is 2.87. The van der Waals surface area contributed by atoms with Crippen LogP contribution in [-0.2, 0) is 6.42 Å². The van der Waals surface area contributed by atoms with E-state index in [9.17, 15) is 0 Å². The van der Waals surface area contributed by atoms with Gasteiger partial charge in [0.15, 0.2) is 0 Å². The lowest BCUT2D eigenvalue weighted by Crippen LogP contribution is -2.12. The number of fused-ring (bicyclic) bond motifs is 1. The summed E-state index contributed by atoms with van der Waals surface area (Å²) in [7, 11) is 0. The average molecular weight is 231 g/mol. The van der Waals surface area contributed by atoms with Gasteiger partial charge in [0.1, 0.15) is 5.75 Å². The zero-order chi connectivity index (χ0) is 11.7. The van der Waals surface area contributed by atoms with Crippen LogP contribution < -0.4 is 4.74 Å². The van der Waals surface area contributed by atoms with E-state index in [1.54, 1.807) is 0 Å². The second-order valence-electron chi connectivity index (χ2n) is 4.85. The first-order valence-electron chi connectivity index (χ1n) is 6.38. The van der Waals surface area contributed by atoms with Crippen molar-refractivity contribution < 1.29 is 9.94 Å². The predicted molar refractivity (Wildman–Crippen MR) is 66.0 cm³/mol. The van der Waals surface area contributed by atoms with E-state index in [0.29, 0.717) is 6.10 Å². The van der Waals surface area contributed by atoms with Crippen LogP contribution in [0.3, 0.4) is 0 Å². The molecule has 1 N–H and O–H groups in total. The molecule has 0 spiro atoms. The van der Waals surface area contributed by atoms with Crippen LogP contribution in [-0.4, -0.2) is 17.0 Å². The summed E-state index contributed by atoms with van der Waals surface area (Å²) >= 11 is 0. The van der Waals surface area contributed by atoms with Crippen LogP contribution in [0.25, 0.3) is 0 Å². The Balaban J connectivity index is 1.88. The van der Waals surface area contributed by atoms with Gasteiger partial charge in [-0.1, -0.05) is 17.3 Å². The van der Waals surface area contributed by atoms with E-state index in [1.165, 1.54) is 31.2 Å². The van der Waals surface area contributed by atoms with Crippen LogP contribution in [0.5, 0.6) is 5.75 Å². The molecule has 1 aromatic rings. The maximum atomic E-state index is 8.94. The van der Waals surface area contributed by atoms with Crippen molar-refractivity contribution in [3.8, 4) is 5.75 Å². The molecule has 2 aliphatic rings. The van der Waals surface area contributed by atoms with Crippen molar-refractivity contribution in [3.63, 3.8) is 0 Å². The Morgan fingerprint density at radius 1 is 1.18 bits per heavy atom. The second kappa shape index (κ2) is 4.40. The summed E-state index contributed by atoms with van der Waals surface area (Å²) in [6, 6.07) is 6.04. The zero-order valence-corrected chi connectivity index (χ0v) is 9.85. The number of ether oxygens (including phenoxy) is 1. The smallest absolute Gasteiger partial charge is 0.123 e. The van der Waals surface area contributed by atoms with Crippen molar-refractivity contribution in [2.24, 2.45) is 5.16 Å². The largest absolute Gasteiger partial charge is 0.490 e. The molecule has 2 aliphatic carbocycles. The van der Waals surface area contributed by atoms with Gasteiger partial charge in [-0.3, -0.25) is 0 Å². The molecule has 0 amide bonds. The van der Waals surface area contributed by atoms with Gasteiger partial charge in [0.2, 0.25) is 0 Å². The number of benzene rings is 1. The molecule has 0 bridgehead atoms. The molecule has 0 radical (unpaired) electrons. The molecule has 1 saturated carbocycles. The highest BCUT2D eigenvalue weighted by Crippen LogP contribution is 2.33. The Hall–Kier alpha value is -1.51. The molecule has 0 aliphatic heterocycles. The summed E-state index contributed by atoms with van der Waals surface area (Å²) in [5, 5.41) is 12.3.